The highest BCUT2D eigenvalue weighted by atomic mass is 19.2. The third-order valence-corrected chi connectivity index (χ3v) is 4.92. The van der Waals surface area contributed by atoms with E-state index in [1.165, 1.54) is 19.9 Å². The SMILES string of the molecule is CC(C)(Oc1c(F)cc(F)cc1F)c1nnc(-c2ccc(F)cc2F)n1CC1CC1. The number of nitrogens with zero attached hydrogens (tertiary/aromatic N) is 3. The van der Waals surface area contributed by atoms with Crippen LogP contribution >= 0.6 is 0 Å². The van der Waals surface area contributed by atoms with Gasteiger partial charge in [-0.15, -0.1) is 10.2 Å². The molecule has 158 valence electrons. The van der Waals surface area contributed by atoms with Crippen molar-refractivity contribution in [3.8, 4) is 17.1 Å². The van der Waals surface area contributed by atoms with Crippen LogP contribution in [0.1, 0.15) is 32.5 Å². The normalized spacial score (nSPS) is 14.2. The molecule has 9 heteroatoms. The van der Waals surface area contributed by atoms with E-state index in [2.05, 4.69) is 10.2 Å². The first-order chi connectivity index (χ1) is 14.2. The molecule has 0 spiro atoms. The molecule has 1 fully saturated rings. The van der Waals surface area contributed by atoms with E-state index in [1.54, 1.807) is 4.57 Å². The molecule has 0 amide bonds. The van der Waals surface area contributed by atoms with Gasteiger partial charge in [0, 0.05) is 24.7 Å². The van der Waals surface area contributed by atoms with Crippen LogP contribution < -0.4 is 4.74 Å². The lowest BCUT2D eigenvalue weighted by atomic mass is 10.1. The maximum atomic E-state index is 14.4. The average molecular weight is 423 g/mol. The Labute approximate surface area is 169 Å². The van der Waals surface area contributed by atoms with Gasteiger partial charge in [0.05, 0.1) is 5.56 Å². The van der Waals surface area contributed by atoms with E-state index < -0.39 is 40.4 Å². The van der Waals surface area contributed by atoms with E-state index in [0.29, 0.717) is 24.6 Å². The lowest BCUT2D eigenvalue weighted by Gasteiger charge is -2.27. The molecule has 1 saturated carbocycles. The lowest BCUT2D eigenvalue weighted by Crippen LogP contribution is -2.31. The smallest absolute Gasteiger partial charge is 0.192 e. The van der Waals surface area contributed by atoms with E-state index >= 15 is 0 Å². The molecule has 1 heterocycles. The molecule has 3 aromatic rings. The maximum Gasteiger partial charge on any atom is 0.192 e. The molecule has 4 nitrogen and oxygen atoms in total. The van der Waals surface area contributed by atoms with Crippen molar-refractivity contribution in [2.45, 2.75) is 38.8 Å². The zero-order valence-corrected chi connectivity index (χ0v) is 16.2. The molecule has 0 aliphatic heterocycles. The van der Waals surface area contributed by atoms with Gasteiger partial charge < -0.3 is 9.30 Å². The highest BCUT2D eigenvalue weighted by molar-refractivity contribution is 5.56. The molecule has 30 heavy (non-hydrogen) atoms. The zero-order chi connectivity index (χ0) is 21.6. The van der Waals surface area contributed by atoms with Crippen molar-refractivity contribution in [3.63, 3.8) is 0 Å². The van der Waals surface area contributed by atoms with E-state index in [0.717, 1.165) is 25.0 Å². The molecular weight excluding hydrogens is 405 g/mol. The van der Waals surface area contributed by atoms with E-state index in [-0.39, 0.29) is 17.2 Å². The van der Waals surface area contributed by atoms with Crippen LogP contribution in [-0.2, 0) is 12.1 Å². The third-order valence-electron chi connectivity index (χ3n) is 4.92. The first kappa shape index (κ1) is 20.3. The van der Waals surface area contributed by atoms with Gasteiger partial charge in [-0.25, -0.2) is 22.0 Å². The maximum absolute atomic E-state index is 14.4. The second kappa shape index (κ2) is 7.37. The van der Waals surface area contributed by atoms with Gasteiger partial charge in [-0.2, -0.15) is 0 Å². The van der Waals surface area contributed by atoms with Crippen LogP contribution in [0.5, 0.6) is 5.75 Å². The standard InChI is InChI=1S/C21H18F5N3O/c1-21(2,30-18-16(25)8-13(23)9-17(18)26)20-28-27-19(29(20)10-11-3-4-11)14-6-5-12(22)7-15(14)24/h5-9,11H,3-4,10H2,1-2H3. The van der Waals surface area contributed by atoms with Crippen LogP contribution in [0.2, 0.25) is 0 Å². The van der Waals surface area contributed by atoms with E-state index in [4.69, 9.17) is 4.74 Å². The summed E-state index contributed by atoms with van der Waals surface area (Å²) < 4.78 is 76.3. The molecule has 4 rings (SSSR count). The molecule has 2 aromatic carbocycles. The molecule has 0 unspecified atom stereocenters. The van der Waals surface area contributed by atoms with Crippen LogP contribution in [-0.4, -0.2) is 14.8 Å². The predicted octanol–water partition coefficient (Wildman–Crippen LogP) is 5.36. The molecule has 0 bridgehead atoms. The first-order valence-corrected chi connectivity index (χ1v) is 9.38. The van der Waals surface area contributed by atoms with Gasteiger partial charge in [0.25, 0.3) is 0 Å². The van der Waals surface area contributed by atoms with Crippen molar-refractivity contribution in [2.24, 2.45) is 5.92 Å². The van der Waals surface area contributed by atoms with Crippen molar-refractivity contribution < 1.29 is 26.7 Å². The second-order valence-corrected chi connectivity index (χ2v) is 7.84. The van der Waals surface area contributed by atoms with Crippen LogP contribution in [0.25, 0.3) is 11.4 Å². The van der Waals surface area contributed by atoms with Crippen molar-refractivity contribution in [3.05, 3.63) is 65.2 Å². The summed E-state index contributed by atoms with van der Waals surface area (Å²) in [5.41, 5.74) is -1.35. The molecule has 1 aliphatic rings. The number of benzene rings is 2. The van der Waals surface area contributed by atoms with Crippen molar-refractivity contribution in [1.29, 1.82) is 0 Å². The summed E-state index contributed by atoms with van der Waals surface area (Å²) in [6, 6.07) is 4.15. The van der Waals surface area contributed by atoms with Gasteiger partial charge in [-0.3, -0.25) is 0 Å². The Morgan fingerprint density at radius 2 is 1.57 bits per heavy atom. The quantitative estimate of drug-likeness (QED) is 0.501. The van der Waals surface area contributed by atoms with Crippen LogP contribution in [0.3, 0.4) is 0 Å². The Balaban J connectivity index is 1.77. The molecule has 1 aliphatic carbocycles. The fourth-order valence-corrected chi connectivity index (χ4v) is 3.28. The molecule has 0 atom stereocenters. The fraction of sp³-hybridized carbons (Fsp3) is 0.333. The Bertz CT molecular complexity index is 1090. The summed E-state index contributed by atoms with van der Waals surface area (Å²) in [6.45, 7) is 3.48. The van der Waals surface area contributed by atoms with Gasteiger partial charge in [0.15, 0.2) is 34.6 Å². The monoisotopic (exact) mass is 423 g/mol. The van der Waals surface area contributed by atoms with E-state index in [9.17, 15) is 22.0 Å². The summed E-state index contributed by atoms with van der Waals surface area (Å²) in [6.07, 6.45) is 1.93. The summed E-state index contributed by atoms with van der Waals surface area (Å²) in [7, 11) is 0. The van der Waals surface area contributed by atoms with Gasteiger partial charge in [0.1, 0.15) is 17.5 Å². The minimum absolute atomic E-state index is 0.0470. The van der Waals surface area contributed by atoms with Gasteiger partial charge >= 0.3 is 0 Å². The lowest BCUT2D eigenvalue weighted by molar-refractivity contribution is 0.0819. The van der Waals surface area contributed by atoms with Crippen molar-refractivity contribution >= 4 is 0 Å². The zero-order valence-electron chi connectivity index (χ0n) is 16.2. The Hall–Kier alpha value is -2.97. The van der Waals surface area contributed by atoms with Crippen LogP contribution in [0, 0.1) is 35.0 Å². The molecular formula is C21H18F5N3O. The number of ether oxygens (including phenoxy) is 1. The number of hydrogen-bond acceptors (Lipinski definition) is 3. The van der Waals surface area contributed by atoms with Gasteiger partial charge in [-0.05, 0) is 44.7 Å². The van der Waals surface area contributed by atoms with Crippen molar-refractivity contribution in [2.75, 3.05) is 0 Å². The number of rotatable bonds is 6. The summed E-state index contributed by atoms with van der Waals surface area (Å²) in [5.74, 6) is -5.06. The average Bonchev–Trinajstić information content (AvgIpc) is 3.36. The molecule has 0 saturated heterocycles. The summed E-state index contributed by atoms with van der Waals surface area (Å²) >= 11 is 0. The number of aromatic nitrogens is 3. The predicted molar refractivity (Wildman–Crippen MR) is 98.1 cm³/mol. The minimum Gasteiger partial charge on any atom is -0.474 e. The number of halogens is 5. The van der Waals surface area contributed by atoms with Crippen LogP contribution in [0.4, 0.5) is 22.0 Å². The second-order valence-electron chi connectivity index (χ2n) is 7.84. The third kappa shape index (κ3) is 3.88. The fourth-order valence-electron chi connectivity index (χ4n) is 3.28. The van der Waals surface area contributed by atoms with Crippen molar-refractivity contribution in [1.82, 2.24) is 14.8 Å². The highest BCUT2D eigenvalue weighted by Gasteiger charge is 2.35. The molecule has 0 N–H and O–H groups in total. The largest absolute Gasteiger partial charge is 0.474 e. The summed E-state index contributed by atoms with van der Waals surface area (Å²) in [4.78, 5) is 0. The Morgan fingerprint density at radius 3 is 2.17 bits per heavy atom. The van der Waals surface area contributed by atoms with E-state index in [1.807, 2.05) is 0 Å². The van der Waals surface area contributed by atoms with Crippen LogP contribution in [0.15, 0.2) is 30.3 Å². The Kier molecular flexibility index (Phi) is 4.99. The minimum atomic E-state index is -1.39. The van der Waals surface area contributed by atoms with Gasteiger partial charge in [0.2, 0.25) is 0 Å². The number of hydrogen-bond donors (Lipinski definition) is 0. The highest BCUT2D eigenvalue weighted by Crippen LogP contribution is 2.37. The molecule has 0 radical (unpaired) electrons. The van der Waals surface area contributed by atoms with Gasteiger partial charge in [-0.1, -0.05) is 0 Å². The molecule has 1 aromatic heterocycles. The topological polar surface area (TPSA) is 39.9 Å². The first-order valence-electron chi connectivity index (χ1n) is 9.38. The Morgan fingerprint density at radius 1 is 0.933 bits per heavy atom. The summed E-state index contributed by atoms with van der Waals surface area (Å²) in [5, 5.41) is 8.14.